The highest BCUT2D eigenvalue weighted by Gasteiger charge is 2.33. The summed E-state index contributed by atoms with van der Waals surface area (Å²) in [5.74, 6) is 2.14. The normalized spacial score (nSPS) is 12.6. The van der Waals surface area contributed by atoms with E-state index in [1.807, 2.05) is 0 Å². The van der Waals surface area contributed by atoms with E-state index in [1.54, 1.807) is 0 Å². The van der Waals surface area contributed by atoms with Gasteiger partial charge in [0.2, 0.25) is 0 Å². The molecule has 0 amide bonds. The molecule has 41 heavy (non-hydrogen) atoms. The zero-order valence-corrected chi connectivity index (χ0v) is 25.6. The van der Waals surface area contributed by atoms with Gasteiger partial charge in [0.25, 0.3) is 0 Å². The van der Waals surface area contributed by atoms with E-state index < -0.39 is 24.6 Å². The summed E-state index contributed by atoms with van der Waals surface area (Å²) in [6, 6.07) is 57.4. The van der Waals surface area contributed by atoms with Gasteiger partial charge in [-0.2, -0.15) is 0 Å². The lowest BCUT2D eigenvalue weighted by atomic mass is 10.3. The molecular formula is C37H29OP2Si. The van der Waals surface area contributed by atoms with Gasteiger partial charge in [-0.1, -0.05) is 164 Å². The summed E-state index contributed by atoms with van der Waals surface area (Å²) in [4.78, 5) is 0. The Labute approximate surface area is 246 Å². The van der Waals surface area contributed by atoms with Crippen LogP contribution in [-0.4, -0.2) is 8.80 Å². The Morgan fingerprint density at radius 3 is 1.02 bits per heavy atom. The molecule has 1 aliphatic heterocycles. The highest BCUT2D eigenvalue weighted by atomic mass is 31.1. The van der Waals surface area contributed by atoms with Gasteiger partial charge in [-0.15, -0.1) is 0 Å². The molecule has 0 spiro atoms. The number of para-hydroxylation sites is 2. The van der Waals surface area contributed by atoms with Gasteiger partial charge in [-0.05, 0) is 47.4 Å². The fourth-order valence-corrected chi connectivity index (χ4v) is 12.7. The first-order chi connectivity index (χ1) is 20.3. The highest BCUT2D eigenvalue weighted by molar-refractivity contribution is 7.80. The molecule has 1 nitrogen and oxygen atoms in total. The van der Waals surface area contributed by atoms with Crippen LogP contribution in [0.15, 0.2) is 158 Å². The van der Waals surface area contributed by atoms with Gasteiger partial charge in [0.15, 0.2) is 0 Å². The third-order valence-electron chi connectivity index (χ3n) is 7.54. The van der Waals surface area contributed by atoms with Crippen LogP contribution in [0.1, 0.15) is 0 Å². The molecule has 0 saturated carbocycles. The van der Waals surface area contributed by atoms with Crippen molar-refractivity contribution in [1.82, 2.24) is 0 Å². The van der Waals surface area contributed by atoms with E-state index >= 15 is 0 Å². The minimum Gasteiger partial charge on any atom is -0.456 e. The molecule has 0 N–H and O–H groups in total. The predicted octanol–water partition coefficient (Wildman–Crippen LogP) is 5.55. The van der Waals surface area contributed by atoms with Crippen LogP contribution in [0.4, 0.5) is 0 Å². The second-order valence-corrected chi connectivity index (χ2v) is 16.7. The summed E-state index contributed by atoms with van der Waals surface area (Å²) in [6.07, 6.45) is 0. The topological polar surface area (TPSA) is 9.23 Å². The number of rotatable bonds is 6. The smallest absolute Gasteiger partial charge is 0.135 e. The Morgan fingerprint density at radius 1 is 0.390 bits per heavy atom. The van der Waals surface area contributed by atoms with E-state index in [0.29, 0.717) is 0 Å². The third-order valence-corrected chi connectivity index (χ3v) is 14.9. The maximum absolute atomic E-state index is 7.22. The zero-order valence-electron chi connectivity index (χ0n) is 22.8. The Balaban J connectivity index is 1.42. The molecule has 0 aromatic heterocycles. The first-order valence-corrected chi connectivity index (χ1v) is 18.6. The second-order valence-electron chi connectivity index (χ2n) is 10.0. The highest BCUT2D eigenvalue weighted by Crippen LogP contribution is 2.41. The van der Waals surface area contributed by atoms with Gasteiger partial charge >= 0.3 is 0 Å². The van der Waals surface area contributed by atoms with E-state index in [-0.39, 0.29) is 0 Å². The van der Waals surface area contributed by atoms with Crippen LogP contribution in [0.2, 0.25) is 6.55 Å². The minimum atomic E-state index is -1.05. The molecule has 6 aromatic carbocycles. The van der Waals surface area contributed by atoms with Gasteiger partial charge in [0, 0.05) is 10.6 Å². The van der Waals surface area contributed by atoms with Crippen LogP contribution in [0, 0.1) is 0 Å². The quantitative estimate of drug-likeness (QED) is 0.186. The summed E-state index contributed by atoms with van der Waals surface area (Å²) in [5, 5.41) is 10.7. The Bertz CT molecular complexity index is 1570. The SMILES string of the molecule is C[Si]1c2cccc(P(c3ccccc3)c3ccccc3)c2Oc2c1cccc2P(c1ccccc1)c1ccccc1. The number of benzene rings is 6. The Morgan fingerprint density at radius 2 is 0.707 bits per heavy atom. The van der Waals surface area contributed by atoms with E-state index in [2.05, 4.69) is 164 Å². The predicted molar refractivity (Wildman–Crippen MR) is 181 cm³/mol. The summed E-state index contributed by atoms with van der Waals surface area (Å²) in [5.41, 5.74) is 0. The summed E-state index contributed by atoms with van der Waals surface area (Å²) >= 11 is 0. The lowest BCUT2D eigenvalue weighted by molar-refractivity contribution is 0.495. The average Bonchev–Trinajstić information content (AvgIpc) is 3.04. The number of hydrogen-bond acceptors (Lipinski definition) is 1. The summed E-state index contributed by atoms with van der Waals surface area (Å²) in [6.45, 7) is 2.43. The lowest BCUT2D eigenvalue weighted by Gasteiger charge is -2.32. The van der Waals surface area contributed by atoms with E-state index in [0.717, 1.165) is 11.5 Å². The first kappa shape index (κ1) is 26.1. The number of hydrogen-bond donors (Lipinski definition) is 0. The molecule has 1 aliphatic rings. The number of ether oxygens (including phenoxy) is 1. The van der Waals surface area contributed by atoms with Crippen molar-refractivity contribution >= 4 is 66.8 Å². The van der Waals surface area contributed by atoms with Gasteiger partial charge in [0.05, 0.1) is 0 Å². The molecule has 0 atom stereocenters. The standard InChI is InChI=1S/C37H29OP2Si/c1-41-34-26-14-24-32(39(28-16-6-2-7-17-28)29-18-8-3-9-19-29)36(34)38-37-33(25-15-27-35(37)41)40(30-20-10-4-11-21-30)31-22-12-5-13-23-31/h2-27H,1H3. The van der Waals surface area contributed by atoms with Crippen molar-refractivity contribution in [2.24, 2.45) is 0 Å². The minimum absolute atomic E-state index is 0.785. The summed E-state index contributed by atoms with van der Waals surface area (Å²) in [7, 11) is -2.62. The van der Waals surface area contributed by atoms with Gasteiger partial charge < -0.3 is 4.74 Å². The lowest BCUT2D eigenvalue weighted by Crippen LogP contribution is -2.47. The van der Waals surface area contributed by atoms with Crippen LogP contribution >= 0.6 is 15.8 Å². The molecule has 0 aliphatic carbocycles. The van der Waals surface area contributed by atoms with Crippen LogP contribution in [0.5, 0.6) is 11.5 Å². The fraction of sp³-hybridized carbons (Fsp3) is 0.0270. The molecular weight excluding hydrogens is 550 g/mol. The van der Waals surface area contributed by atoms with Crippen molar-refractivity contribution in [3.05, 3.63) is 158 Å². The van der Waals surface area contributed by atoms with Crippen LogP contribution in [0.3, 0.4) is 0 Å². The van der Waals surface area contributed by atoms with Crippen molar-refractivity contribution in [2.75, 3.05) is 0 Å². The zero-order chi connectivity index (χ0) is 27.6. The molecule has 197 valence electrons. The number of fused-ring (bicyclic) bond motifs is 2. The van der Waals surface area contributed by atoms with Crippen molar-refractivity contribution in [3.8, 4) is 11.5 Å². The van der Waals surface area contributed by atoms with Crippen LogP contribution < -0.4 is 46.9 Å². The third kappa shape index (κ3) is 4.98. The van der Waals surface area contributed by atoms with Crippen molar-refractivity contribution in [1.29, 1.82) is 0 Å². The fourth-order valence-electron chi connectivity index (χ4n) is 5.62. The molecule has 7 rings (SSSR count). The maximum atomic E-state index is 7.22. The van der Waals surface area contributed by atoms with Gasteiger partial charge in [0.1, 0.15) is 20.3 Å². The van der Waals surface area contributed by atoms with E-state index in [4.69, 9.17) is 4.74 Å². The Hall–Kier alpha value is -3.80. The maximum Gasteiger partial charge on any atom is 0.135 e. The molecule has 6 aromatic rings. The average molecular weight is 580 g/mol. The molecule has 1 radical (unpaired) electrons. The monoisotopic (exact) mass is 579 g/mol. The largest absolute Gasteiger partial charge is 0.456 e. The van der Waals surface area contributed by atoms with E-state index in [9.17, 15) is 0 Å². The molecule has 0 unspecified atom stereocenters. The Kier molecular flexibility index (Phi) is 7.38. The molecule has 0 saturated heterocycles. The molecule has 4 heteroatoms. The summed E-state index contributed by atoms with van der Waals surface area (Å²) < 4.78 is 7.22. The first-order valence-electron chi connectivity index (χ1n) is 13.9. The van der Waals surface area contributed by atoms with Crippen molar-refractivity contribution in [2.45, 2.75) is 6.55 Å². The van der Waals surface area contributed by atoms with E-state index in [1.165, 1.54) is 42.2 Å². The van der Waals surface area contributed by atoms with Crippen molar-refractivity contribution in [3.63, 3.8) is 0 Å². The molecule has 0 bridgehead atoms. The van der Waals surface area contributed by atoms with Crippen LogP contribution in [-0.2, 0) is 0 Å². The second kappa shape index (κ2) is 11.6. The van der Waals surface area contributed by atoms with Gasteiger partial charge in [-0.25, -0.2) is 0 Å². The van der Waals surface area contributed by atoms with Gasteiger partial charge in [-0.3, -0.25) is 0 Å². The molecule has 1 heterocycles. The van der Waals surface area contributed by atoms with Crippen molar-refractivity contribution < 1.29 is 4.74 Å². The molecule has 0 fully saturated rings. The van der Waals surface area contributed by atoms with Crippen LogP contribution in [0.25, 0.3) is 0 Å².